The van der Waals surface area contributed by atoms with E-state index in [2.05, 4.69) is 0 Å². The number of fused-ring (bicyclic) bond motifs is 1. The summed E-state index contributed by atoms with van der Waals surface area (Å²) in [4.78, 5) is 12.4. The molecule has 2 rings (SSSR count). The Morgan fingerprint density at radius 3 is 3.00 bits per heavy atom. The molecule has 0 saturated heterocycles. The molecule has 0 aromatic heterocycles. The standard InChI is InChI=1S/C12H14ClNO2/c1-8-7-14(12(15)16)5-4-9-2-3-10(13)6-11(8)9/h2-3,6,8H,4-5,7H2,1H3,(H,15,16). The van der Waals surface area contributed by atoms with Crippen LogP contribution in [0.25, 0.3) is 0 Å². The second-order valence-electron chi connectivity index (χ2n) is 4.22. The quantitative estimate of drug-likeness (QED) is 0.756. The molecule has 1 heterocycles. The molecule has 1 unspecified atom stereocenters. The number of rotatable bonds is 0. The van der Waals surface area contributed by atoms with E-state index >= 15 is 0 Å². The molecule has 1 amide bonds. The normalized spacial score (nSPS) is 20.1. The van der Waals surface area contributed by atoms with Crippen LogP contribution in [0.15, 0.2) is 18.2 Å². The zero-order valence-corrected chi connectivity index (χ0v) is 9.87. The van der Waals surface area contributed by atoms with E-state index in [1.807, 2.05) is 25.1 Å². The van der Waals surface area contributed by atoms with Crippen molar-refractivity contribution in [2.45, 2.75) is 19.3 Å². The number of halogens is 1. The summed E-state index contributed by atoms with van der Waals surface area (Å²) in [6, 6.07) is 5.82. The van der Waals surface area contributed by atoms with Gasteiger partial charge >= 0.3 is 6.09 Å². The fraction of sp³-hybridized carbons (Fsp3) is 0.417. The fourth-order valence-electron chi connectivity index (χ4n) is 2.20. The molecule has 4 heteroatoms. The number of amides is 1. The van der Waals surface area contributed by atoms with Crippen molar-refractivity contribution < 1.29 is 9.90 Å². The number of benzene rings is 1. The van der Waals surface area contributed by atoms with Gasteiger partial charge in [0.05, 0.1) is 0 Å². The van der Waals surface area contributed by atoms with Crippen LogP contribution in [0, 0.1) is 0 Å². The Hall–Kier alpha value is -1.22. The first-order chi connectivity index (χ1) is 7.58. The molecule has 0 aliphatic carbocycles. The minimum Gasteiger partial charge on any atom is -0.465 e. The van der Waals surface area contributed by atoms with E-state index in [4.69, 9.17) is 16.7 Å². The third-order valence-corrected chi connectivity index (χ3v) is 3.29. The van der Waals surface area contributed by atoms with Gasteiger partial charge in [0.1, 0.15) is 0 Å². The highest BCUT2D eigenvalue weighted by atomic mass is 35.5. The predicted molar refractivity (Wildman–Crippen MR) is 63.2 cm³/mol. The van der Waals surface area contributed by atoms with Gasteiger partial charge in [-0.3, -0.25) is 0 Å². The summed E-state index contributed by atoms with van der Waals surface area (Å²) in [7, 11) is 0. The van der Waals surface area contributed by atoms with Gasteiger partial charge in [-0.05, 0) is 35.6 Å². The lowest BCUT2D eigenvalue weighted by molar-refractivity contribution is 0.145. The first-order valence-electron chi connectivity index (χ1n) is 5.34. The number of hydrogen-bond acceptors (Lipinski definition) is 1. The Morgan fingerprint density at radius 2 is 2.31 bits per heavy atom. The average molecular weight is 240 g/mol. The van der Waals surface area contributed by atoms with Crippen LogP contribution < -0.4 is 0 Å². The first-order valence-corrected chi connectivity index (χ1v) is 5.72. The van der Waals surface area contributed by atoms with Crippen molar-refractivity contribution in [2.24, 2.45) is 0 Å². The summed E-state index contributed by atoms with van der Waals surface area (Å²) in [5.74, 6) is 0.201. The number of hydrogen-bond donors (Lipinski definition) is 1. The molecule has 1 N–H and O–H groups in total. The summed E-state index contributed by atoms with van der Waals surface area (Å²) >= 11 is 5.96. The largest absolute Gasteiger partial charge is 0.465 e. The van der Waals surface area contributed by atoms with Crippen LogP contribution in [0.4, 0.5) is 4.79 Å². The van der Waals surface area contributed by atoms with E-state index in [1.165, 1.54) is 16.0 Å². The molecule has 0 radical (unpaired) electrons. The highest BCUT2D eigenvalue weighted by molar-refractivity contribution is 6.30. The molecule has 1 aliphatic rings. The zero-order valence-electron chi connectivity index (χ0n) is 9.11. The third kappa shape index (κ3) is 2.14. The number of carboxylic acid groups (broad SMARTS) is 1. The van der Waals surface area contributed by atoms with Crippen LogP contribution in [0.2, 0.25) is 5.02 Å². The van der Waals surface area contributed by atoms with Gasteiger partial charge in [0.2, 0.25) is 0 Å². The number of nitrogens with zero attached hydrogens (tertiary/aromatic N) is 1. The summed E-state index contributed by atoms with van der Waals surface area (Å²) in [5, 5.41) is 9.73. The molecular weight excluding hydrogens is 226 g/mol. The topological polar surface area (TPSA) is 40.5 Å². The molecule has 3 nitrogen and oxygen atoms in total. The van der Waals surface area contributed by atoms with Gasteiger partial charge < -0.3 is 10.0 Å². The van der Waals surface area contributed by atoms with Crippen molar-refractivity contribution in [1.29, 1.82) is 0 Å². The lowest BCUT2D eigenvalue weighted by Gasteiger charge is -2.19. The van der Waals surface area contributed by atoms with Crippen molar-refractivity contribution in [1.82, 2.24) is 4.90 Å². The van der Waals surface area contributed by atoms with Crippen molar-refractivity contribution in [3.05, 3.63) is 34.3 Å². The minimum absolute atomic E-state index is 0.201. The lowest BCUT2D eigenvalue weighted by Crippen LogP contribution is -2.32. The summed E-state index contributed by atoms with van der Waals surface area (Å²) in [6.07, 6.45) is -0.0749. The summed E-state index contributed by atoms with van der Waals surface area (Å²) in [5.41, 5.74) is 2.39. The van der Waals surface area contributed by atoms with Gasteiger partial charge in [0, 0.05) is 18.1 Å². The van der Waals surface area contributed by atoms with Crippen LogP contribution in [0.5, 0.6) is 0 Å². The highest BCUT2D eigenvalue weighted by Gasteiger charge is 2.22. The Labute approximate surface area is 99.6 Å². The van der Waals surface area contributed by atoms with Crippen molar-refractivity contribution in [2.75, 3.05) is 13.1 Å². The molecule has 16 heavy (non-hydrogen) atoms. The fourth-order valence-corrected chi connectivity index (χ4v) is 2.38. The van der Waals surface area contributed by atoms with Crippen LogP contribution >= 0.6 is 11.6 Å². The second kappa shape index (κ2) is 4.34. The molecule has 1 aromatic carbocycles. The highest BCUT2D eigenvalue weighted by Crippen LogP contribution is 2.27. The van der Waals surface area contributed by atoms with Gasteiger partial charge in [0.25, 0.3) is 0 Å². The molecule has 0 bridgehead atoms. The average Bonchev–Trinajstić information content (AvgIpc) is 2.39. The third-order valence-electron chi connectivity index (χ3n) is 3.05. The SMILES string of the molecule is CC1CN(C(=O)O)CCc2ccc(Cl)cc21. The van der Waals surface area contributed by atoms with Crippen molar-refractivity contribution in [3.8, 4) is 0 Å². The van der Waals surface area contributed by atoms with Gasteiger partial charge in [0.15, 0.2) is 0 Å². The van der Waals surface area contributed by atoms with Gasteiger partial charge in [-0.2, -0.15) is 0 Å². The molecule has 86 valence electrons. The Morgan fingerprint density at radius 1 is 1.56 bits per heavy atom. The van der Waals surface area contributed by atoms with Crippen LogP contribution in [-0.4, -0.2) is 29.2 Å². The summed E-state index contributed by atoms with van der Waals surface area (Å²) < 4.78 is 0. The Bertz CT molecular complexity index is 419. The smallest absolute Gasteiger partial charge is 0.407 e. The van der Waals surface area contributed by atoms with Crippen molar-refractivity contribution >= 4 is 17.7 Å². The number of carbonyl (C=O) groups is 1. The zero-order chi connectivity index (χ0) is 11.7. The van der Waals surface area contributed by atoms with E-state index in [0.717, 1.165) is 11.4 Å². The second-order valence-corrected chi connectivity index (χ2v) is 4.66. The molecule has 0 spiro atoms. The van der Waals surface area contributed by atoms with E-state index < -0.39 is 6.09 Å². The molecule has 1 atom stereocenters. The Balaban J connectivity index is 2.32. The van der Waals surface area contributed by atoms with E-state index in [0.29, 0.717) is 13.1 Å². The maximum Gasteiger partial charge on any atom is 0.407 e. The maximum absolute atomic E-state index is 11.0. The molecular formula is C12H14ClNO2. The molecule has 0 saturated carbocycles. The van der Waals surface area contributed by atoms with Gasteiger partial charge in [-0.1, -0.05) is 24.6 Å². The van der Waals surface area contributed by atoms with Gasteiger partial charge in [-0.15, -0.1) is 0 Å². The molecule has 0 fully saturated rings. The van der Waals surface area contributed by atoms with E-state index in [9.17, 15) is 4.79 Å². The summed E-state index contributed by atoms with van der Waals surface area (Å²) in [6.45, 7) is 3.15. The predicted octanol–water partition coefficient (Wildman–Crippen LogP) is 2.98. The van der Waals surface area contributed by atoms with Crippen LogP contribution in [0.3, 0.4) is 0 Å². The first kappa shape index (κ1) is 11.3. The molecule has 1 aromatic rings. The monoisotopic (exact) mass is 239 g/mol. The maximum atomic E-state index is 11.0. The van der Waals surface area contributed by atoms with Crippen LogP contribution in [0.1, 0.15) is 24.0 Å². The minimum atomic E-state index is -0.842. The van der Waals surface area contributed by atoms with E-state index in [-0.39, 0.29) is 5.92 Å². The molecule has 1 aliphatic heterocycles. The van der Waals surface area contributed by atoms with Crippen LogP contribution in [-0.2, 0) is 6.42 Å². The van der Waals surface area contributed by atoms with Gasteiger partial charge in [-0.25, -0.2) is 4.79 Å². The van der Waals surface area contributed by atoms with Crippen molar-refractivity contribution in [3.63, 3.8) is 0 Å². The Kier molecular flexibility index (Phi) is 3.06. The van der Waals surface area contributed by atoms with E-state index in [1.54, 1.807) is 0 Å². The lowest BCUT2D eigenvalue weighted by atomic mass is 9.95.